The third kappa shape index (κ3) is 5.15. The molecule has 1 atom stereocenters. The number of likely N-dealkylation sites (tertiary alicyclic amines) is 1. The van der Waals surface area contributed by atoms with Crippen LogP contribution >= 0.6 is 0 Å². The maximum atomic E-state index is 13.5. The number of aromatic nitrogens is 2. The molecular weight excluding hydrogens is 446 g/mol. The molecule has 2 aliphatic heterocycles. The van der Waals surface area contributed by atoms with Gasteiger partial charge >= 0.3 is 0 Å². The monoisotopic (exact) mass is 487 g/mol. The summed E-state index contributed by atoms with van der Waals surface area (Å²) in [7, 11) is 0. The lowest BCUT2D eigenvalue weighted by atomic mass is 9.96. The van der Waals surface area contributed by atoms with Crippen LogP contribution in [0.3, 0.4) is 0 Å². The number of hydrogen-bond donors (Lipinski definition) is 0. The fourth-order valence-electron chi connectivity index (χ4n) is 5.90. The number of benzene rings is 2. The average molecular weight is 488 g/mol. The number of carbonyl (C=O) groups is 1. The molecule has 5 rings (SSSR count). The fraction of sp³-hybridized carbons (Fsp3) is 0.533. The zero-order chi connectivity index (χ0) is 25.2. The number of piperazine rings is 1. The van der Waals surface area contributed by atoms with Crippen molar-refractivity contribution in [3.63, 3.8) is 0 Å². The van der Waals surface area contributed by atoms with Crippen LogP contribution in [0.1, 0.15) is 63.9 Å². The second-order valence-electron chi connectivity index (χ2n) is 11.1. The summed E-state index contributed by atoms with van der Waals surface area (Å²) in [5, 5.41) is 0. The molecule has 2 fully saturated rings. The van der Waals surface area contributed by atoms with Crippen LogP contribution in [0.2, 0.25) is 0 Å². The number of rotatable bonds is 6. The Kier molecular flexibility index (Phi) is 7.33. The summed E-state index contributed by atoms with van der Waals surface area (Å²) >= 11 is 0. The van der Waals surface area contributed by atoms with E-state index in [2.05, 4.69) is 95.5 Å². The van der Waals surface area contributed by atoms with E-state index < -0.39 is 0 Å². The maximum Gasteiger partial charge on any atom is 0.227 e. The molecule has 3 aromatic rings. The molecule has 36 heavy (non-hydrogen) atoms. The van der Waals surface area contributed by atoms with Gasteiger partial charge in [-0.2, -0.15) is 0 Å². The van der Waals surface area contributed by atoms with Gasteiger partial charge in [-0.3, -0.25) is 9.69 Å². The molecule has 1 aromatic heterocycles. The number of piperidine rings is 1. The van der Waals surface area contributed by atoms with Crippen LogP contribution in [0, 0.1) is 5.92 Å². The smallest absolute Gasteiger partial charge is 0.227 e. The van der Waals surface area contributed by atoms with Crippen LogP contribution in [0.15, 0.2) is 48.5 Å². The number of para-hydroxylation sites is 2. The van der Waals surface area contributed by atoms with Gasteiger partial charge in [-0.25, -0.2) is 4.98 Å². The lowest BCUT2D eigenvalue weighted by Crippen LogP contribution is -2.52. The molecule has 0 radical (unpaired) electrons. The molecule has 2 aliphatic rings. The molecule has 192 valence electrons. The summed E-state index contributed by atoms with van der Waals surface area (Å²) in [5.41, 5.74) is 4.90. The minimum Gasteiger partial charge on any atom is -0.368 e. The van der Waals surface area contributed by atoms with Gasteiger partial charge in [0, 0.05) is 44.5 Å². The third-order valence-electron chi connectivity index (χ3n) is 7.92. The molecule has 3 heterocycles. The third-order valence-corrected chi connectivity index (χ3v) is 7.92. The first-order valence-corrected chi connectivity index (χ1v) is 13.7. The molecule has 2 aromatic carbocycles. The summed E-state index contributed by atoms with van der Waals surface area (Å²) in [6.45, 7) is 15.0. The number of amides is 1. The van der Waals surface area contributed by atoms with Crippen LogP contribution < -0.4 is 4.90 Å². The van der Waals surface area contributed by atoms with Gasteiger partial charge in [0.15, 0.2) is 0 Å². The first-order chi connectivity index (χ1) is 17.4. The molecule has 0 spiro atoms. The van der Waals surface area contributed by atoms with Crippen molar-refractivity contribution in [3.05, 3.63) is 59.9 Å². The zero-order valence-electron chi connectivity index (χ0n) is 22.4. The van der Waals surface area contributed by atoms with Crippen molar-refractivity contribution in [2.75, 3.05) is 44.2 Å². The highest BCUT2D eigenvalue weighted by Crippen LogP contribution is 2.26. The largest absolute Gasteiger partial charge is 0.368 e. The molecule has 0 bridgehead atoms. The quantitative estimate of drug-likeness (QED) is 0.473. The van der Waals surface area contributed by atoms with E-state index in [4.69, 9.17) is 4.98 Å². The summed E-state index contributed by atoms with van der Waals surface area (Å²) in [5.74, 6) is 2.09. The summed E-state index contributed by atoms with van der Waals surface area (Å²) < 4.78 is 2.35. The lowest BCUT2D eigenvalue weighted by Gasteiger charge is -2.39. The first-order valence-electron chi connectivity index (χ1n) is 13.7. The number of anilines is 1. The maximum absolute atomic E-state index is 13.5. The van der Waals surface area contributed by atoms with Gasteiger partial charge in [0.1, 0.15) is 5.82 Å². The van der Waals surface area contributed by atoms with E-state index >= 15 is 0 Å². The van der Waals surface area contributed by atoms with Crippen molar-refractivity contribution >= 4 is 22.6 Å². The van der Waals surface area contributed by atoms with Gasteiger partial charge in [0.05, 0.1) is 23.5 Å². The van der Waals surface area contributed by atoms with Crippen molar-refractivity contribution < 1.29 is 4.79 Å². The first kappa shape index (κ1) is 24.8. The second-order valence-corrected chi connectivity index (χ2v) is 11.1. The SMILES string of the molecule is CC(C)c1ccc(N2CCN(C(=O)[C@H]3CCCN(Cc4nc5ccccc5n4C(C)C)C3)CC2)cc1. The number of hydrogen-bond acceptors (Lipinski definition) is 4. The highest BCUT2D eigenvalue weighted by molar-refractivity contribution is 5.79. The molecule has 6 nitrogen and oxygen atoms in total. The van der Waals surface area contributed by atoms with Crippen molar-refractivity contribution in [1.29, 1.82) is 0 Å². The van der Waals surface area contributed by atoms with Gasteiger partial charge < -0.3 is 14.4 Å². The van der Waals surface area contributed by atoms with Crippen LogP contribution in [0.4, 0.5) is 5.69 Å². The Hall–Kier alpha value is -2.86. The van der Waals surface area contributed by atoms with Gasteiger partial charge in [0.2, 0.25) is 5.91 Å². The molecule has 0 unspecified atom stereocenters. The van der Waals surface area contributed by atoms with Crippen LogP contribution in [-0.4, -0.2) is 64.5 Å². The van der Waals surface area contributed by atoms with E-state index in [1.54, 1.807) is 0 Å². The van der Waals surface area contributed by atoms with Crippen LogP contribution in [0.25, 0.3) is 11.0 Å². The molecule has 2 saturated heterocycles. The van der Waals surface area contributed by atoms with Gasteiger partial charge in [-0.1, -0.05) is 38.1 Å². The van der Waals surface area contributed by atoms with E-state index in [1.165, 1.54) is 16.8 Å². The fourth-order valence-corrected chi connectivity index (χ4v) is 5.90. The van der Waals surface area contributed by atoms with E-state index in [0.29, 0.717) is 17.9 Å². The summed E-state index contributed by atoms with van der Waals surface area (Å²) in [6, 6.07) is 17.7. The standard InChI is InChI=1S/C30H41N5O/c1-22(2)24-11-13-26(14-12-24)33-16-18-34(19-17-33)30(36)25-8-7-15-32(20-25)21-29-31-27-9-5-6-10-28(27)35(29)23(3)4/h5-6,9-14,22-23,25H,7-8,15-21H2,1-4H3/t25-/m0/s1. The van der Waals surface area contributed by atoms with Gasteiger partial charge in [0.25, 0.3) is 0 Å². The minimum absolute atomic E-state index is 0.0903. The van der Waals surface area contributed by atoms with E-state index in [0.717, 1.165) is 70.0 Å². The van der Waals surface area contributed by atoms with Crippen molar-refractivity contribution in [2.45, 2.75) is 59.0 Å². The van der Waals surface area contributed by atoms with E-state index in [-0.39, 0.29) is 5.92 Å². The van der Waals surface area contributed by atoms with Gasteiger partial charge in [-0.15, -0.1) is 0 Å². The average Bonchev–Trinajstić information content (AvgIpc) is 3.26. The number of imidazole rings is 1. The van der Waals surface area contributed by atoms with Crippen LogP contribution in [-0.2, 0) is 11.3 Å². The van der Waals surface area contributed by atoms with E-state index in [1.807, 2.05) is 0 Å². The topological polar surface area (TPSA) is 44.6 Å². The number of nitrogens with zero attached hydrogens (tertiary/aromatic N) is 5. The highest BCUT2D eigenvalue weighted by atomic mass is 16.2. The molecule has 0 aliphatic carbocycles. The zero-order valence-corrected chi connectivity index (χ0v) is 22.4. The minimum atomic E-state index is 0.0903. The normalized spacial score (nSPS) is 19.6. The number of carbonyl (C=O) groups excluding carboxylic acids is 1. The molecule has 1 amide bonds. The predicted molar refractivity (Wildman–Crippen MR) is 147 cm³/mol. The Labute approximate surface area is 215 Å². The second kappa shape index (κ2) is 10.6. The summed E-state index contributed by atoms with van der Waals surface area (Å²) in [6.07, 6.45) is 2.06. The molecular formula is C30H41N5O. The molecule has 0 saturated carbocycles. The predicted octanol–water partition coefficient (Wildman–Crippen LogP) is 5.30. The molecule has 6 heteroatoms. The highest BCUT2D eigenvalue weighted by Gasteiger charge is 2.31. The van der Waals surface area contributed by atoms with Gasteiger partial charge in [-0.05, 0) is 69.0 Å². The van der Waals surface area contributed by atoms with Crippen LogP contribution in [0.5, 0.6) is 0 Å². The van der Waals surface area contributed by atoms with Crippen molar-refractivity contribution in [2.24, 2.45) is 5.92 Å². The van der Waals surface area contributed by atoms with Crippen molar-refractivity contribution in [1.82, 2.24) is 19.4 Å². The van der Waals surface area contributed by atoms with Crippen molar-refractivity contribution in [3.8, 4) is 0 Å². The summed E-state index contributed by atoms with van der Waals surface area (Å²) in [4.78, 5) is 25.4. The Morgan fingerprint density at radius 1 is 0.944 bits per heavy atom. The Balaban J connectivity index is 1.19. The lowest BCUT2D eigenvalue weighted by molar-refractivity contribution is -0.137. The Morgan fingerprint density at radius 3 is 2.36 bits per heavy atom. The Bertz CT molecular complexity index is 1170. The molecule has 0 N–H and O–H groups in total. The number of fused-ring (bicyclic) bond motifs is 1. The Morgan fingerprint density at radius 2 is 1.67 bits per heavy atom. The van der Waals surface area contributed by atoms with E-state index in [9.17, 15) is 4.79 Å².